The lowest BCUT2D eigenvalue weighted by Gasteiger charge is -2.44. The molecule has 2 heteroatoms. The van der Waals surface area contributed by atoms with Crippen LogP contribution in [0.25, 0.3) is 0 Å². The fourth-order valence-electron chi connectivity index (χ4n) is 3.71. The van der Waals surface area contributed by atoms with E-state index in [-0.39, 0.29) is 0 Å². The summed E-state index contributed by atoms with van der Waals surface area (Å²) >= 11 is 0. The molecule has 0 aromatic carbocycles. The van der Waals surface area contributed by atoms with Crippen LogP contribution in [0.2, 0.25) is 0 Å². The number of fused-ring (bicyclic) bond motifs is 1. The van der Waals surface area contributed by atoms with Crippen LogP contribution in [0, 0.1) is 5.92 Å². The van der Waals surface area contributed by atoms with Gasteiger partial charge in [0.15, 0.2) is 0 Å². The molecule has 1 heterocycles. The SMILES string of the molecule is C=C(CNCCC)CN1CCCC2CCCCC21. The fraction of sp³-hybridized carbons (Fsp3) is 0.875. The molecular weight excluding hydrogens is 220 g/mol. The van der Waals surface area contributed by atoms with Crippen molar-refractivity contribution in [2.45, 2.75) is 57.9 Å². The van der Waals surface area contributed by atoms with Crippen LogP contribution in [-0.2, 0) is 0 Å². The molecule has 0 aromatic rings. The lowest BCUT2D eigenvalue weighted by atomic mass is 9.78. The lowest BCUT2D eigenvalue weighted by molar-refractivity contribution is 0.0687. The molecule has 2 rings (SSSR count). The highest BCUT2D eigenvalue weighted by atomic mass is 15.2. The van der Waals surface area contributed by atoms with E-state index in [1.807, 2.05) is 0 Å². The van der Waals surface area contributed by atoms with Crippen molar-refractivity contribution in [3.8, 4) is 0 Å². The van der Waals surface area contributed by atoms with Crippen LogP contribution in [0.4, 0.5) is 0 Å². The molecule has 2 unspecified atom stereocenters. The highest BCUT2D eigenvalue weighted by Gasteiger charge is 2.32. The van der Waals surface area contributed by atoms with Gasteiger partial charge in [-0.2, -0.15) is 0 Å². The maximum atomic E-state index is 4.25. The summed E-state index contributed by atoms with van der Waals surface area (Å²) in [7, 11) is 0. The first kappa shape index (κ1) is 14.1. The molecule has 0 amide bonds. The van der Waals surface area contributed by atoms with Crippen molar-refractivity contribution in [2.24, 2.45) is 5.92 Å². The predicted molar refractivity (Wildman–Crippen MR) is 78.9 cm³/mol. The average molecular weight is 250 g/mol. The molecule has 0 bridgehead atoms. The van der Waals surface area contributed by atoms with Gasteiger partial charge in [-0.15, -0.1) is 0 Å². The van der Waals surface area contributed by atoms with Gasteiger partial charge in [0.1, 0.15) is 0 Å². The van der Waals surface area contributed by atoms with Crippen LogP contribution < -0.4 is 5.32 Å². The van der Waals surface area contributed by atoms with Gasteiger partial charge in [-0.05, 0) is 56.7 Å². The minimum absolute atomic E-state index is 0.871. The molecule has 0 radical (unpaired) electrons. The second-order valence-corrected chi connectivity index (χ2v) is 6.15. The number of likely N-dealkylation sites (tertiary alicyclic amines) is 1. The summed E-state index contributed by atoms with van der Waals surface area (Å²) in [5, 5.41) is 3.47. The molecule has 0 aromatic heterocycles. The van der Waals surface area contributed by atoms with E-state index >= 15 is 0 Å². The van der Waals surface area contributed by atoms with E-state index < -0.39 is 0 Å². The number of hydrogen-bond donors (Lipinski definition) is 1. The van der Waals surface area contributed by atoms with E-state index in [1.54, 1.807) is 0 Å². The normalized spacial score (nSPS) is 28.9. The van der Waals surface area contributed by atoms with E-state index in [0.29, 0.717) is 0 Å². The summed E-state index contributed by atoms with van der Waals surface area (Å²) in [5.41, 5.74) is 1.37. The summed E-state index contributed by atoms with van der Waals surface area (Å²) < 4.78 is 0. The fourth-order valence-corrected chi connectivity index (χ4v) is 3.71. The molecule has 1 aliphatic heterocycles. The standard InChI is InChI=1S/C16H30N2/c1-3-10-17-12-14(2)13-18-11-6-8-15-7-4-5-9-16(15)18/h15-17H,2-13H2,1H3. The van der Waals surface area contributed by atoms with Crippen molar-refractivity contribution in [2.75, 3.05) is 26.2 Å². The Balaban J connectivity index is 1.78. The van der Waals surface area contributed by atoms with Crippen molar-refractivity contribution < 1.29 is 0 Å². The van der Waals surface area contributed by atoms with Gasteiger partial charge in [0, 0.05) is 19.1 Å². The van der Waals surface area contributed by atoms with Crippen LogP contribution in [0.5, 0.6) is 0 Å². The van der Waals surface area contributed by atoms with Crippen molar-refractivity contribution >= 4 is 0 Å². The van der Waals surface area contributed by atoms with Gasteiger partial charge < -0.3 is 5.32 Å². The topological polar surface area (TPSA) is 15.3 Å². The predicted octanol–water partition coefficient (Wildman–Crippen LogP) is 3.20. The molecular formula is C16H30N2. The maximum Gasteiger partial charge on any atom is 0.0205 e. The van der Waals surface area contributed by atoms with Crippen molar-refractivity contribution in [1.29, 1.82) is 0 Å². The zero-order valence-corrected chi connectivity index (χ0v) is 12.1. The molecule has 18 heavy (non-hydrogen) atoms. The van der Waals surface area contributed by atoms with Gasteiger partial charge in [-0.1, -0.05) is 26.3 Å². The first-order valence-corrected chi connectivity index (χ1v) is 7.92. The third-order valence-electron chi connectivity index (χ3n) is 4.59. The average Bonchev–Trinajstić information content (AvgIpc) is 2.39. The number of nitrogens with one attached hydrogen (secondary N) is 1. The third-order valence-corrected chi connectivity index (χ3v) is 4.59. The second kappa shape index (κ2) is 7.30. The molecule has 2 atom stereocenters. The molecule has 2 fully saturated rings. The van der Waals surface area contributed by atoms with Crippen molar-refractivity contribution in [1.82, 2.24) is 10.2 Å². The van der Waals surface area contributed by atoms with E-state index in [9.17, 15) is 0 Å². The Bertz CT molecular complexity index is 260. The van der Waals surface area contributed by atoms with Crippen molar-refractivity contribution in [3.05, 3.63) is 12.2 Å². The molecule has 0 spiro atoms. The Morgan fingerprint density at radius 2 is 2.00 bits per heavy atom. The summed E-state index contributed by atoms with van der Waals surface area (Å²) in [6.45, 7) is 11.0. The Hall–Kier alpha value is -0.340. The van der Waals surface area contributed by atoms with E-state index in [4.69, 9.17) is 0 Å². The summed E-state index contributed by atoms with van der Waals surface area (Å²) in [6.07, 6.45) is 9.90. The van der Waals surface area contributed by atoms with Gasteiger partial charge in [-0.25, -0.2) is 0 Å². The molecule has 1 saturated heterocycles. The minimum atomic E-state index is 0.871. The Morgan fingerprint density at radius 3 is 2.83 bits per heavy atom. The largest absolute Gasteiger partial charge is 0.313 e. The molecule has 1 saturated carbocycles. The van der Waals surface area contributed by atoms with E-state index in [1.165, 1.54) is 57.1 Å². The third kappa shape index (κ3) is 3.83. The molecule has 1 N–H and O–H groups in total. The number of piperidine rings is 1. The van der Waals surface area contributed by atoms with Crippen molar-refractivity contribution in [3.63, 3.8) is 0 Å². The Morgan fingerprint density at radius 1 is 1.22 bits per heavy atom. The van der Waals surface area contributed by atoms with Gasteiger partial charge in [-0.3, -0.25) is 4.90 Å². The van der Waals surface area contributed by atoms with Gasteiger partial charge in [0.05, 0.1) is 0 Å². The zero-order valence-electron chi connectivity index (χ0n) is 12.1. The first-order chi connectivity index (χ1) is 8.81. The number of nitrogens with zero attached hydrogens (tertiary/aromatic N) is 1. The second-order valence-electron chi connectivity index (χ2n) is 6.15. The summed E-state index contributed by atoms with van der Waals surface area (Å²) in [6, 6.07) is 0.871. The molecule has 104 valence electrons. The summed E-state index contributed by atoms with van der Waals surface area (Å²) in [4.78, 5) is 2.73. The summed E-state index contributed by atoms with van der Waals surface area (Å²) in [5.74, 6) is 0.990. The number of rotatable bonds is 6. The minimum Gasteiger partial charge on any atom is -0.313 e. The number of hydrogen-bond acceptors (Lipinski definition) is 2. The highest BCUT2D eigenvalue weighted by molar-refractivity contribution is 5.02. The van der Waals surface area contributed by atoms with Crippen LogP contribution in [0.1, 0.15) is 51.9 Å². The molecule has 2 nitrogen and oxygen atoms in total. The smallest absolute Gasteiger partial charge is 0.0205 e. The Labute approximate surface area is 113 Å². The zero-order chi connectivity index (χ0) is 12.8. The Kier molecular flexibility index (Phi) is 5.71. The molecule has 1 aliphatic carbocycles. The van der Waals surface area contributed by atoms with E-state index in [2.05, 4.69) is 23.7 Å². The van der Waals surface area contributed by atoms with Crippen LogP contribution >= 0.6 is 0 Å². The lowest BCUT2D eigenvalue weighted by Crippen LogP contribution is -2.47. The molecule has 2 aliphatic rings. The quantitative estimate of drug-likeness (QED) is 0.575. The first-order valence-electron chi connectivity index (χ1n) is 7.92. The van der Waals surface area contributed by atoms with Gasteiger partial charge in [0.2, 0.25) is 0 Å². The van der Waals surface area contributed by atoms with Gasteiger partial charge >= 0.3 is 0 Å². The van der Waals surface area contributed by atoms with Crippen LogP contribution in [0.3, 0.4) is 0 Å². The maximum absolute atomic E-state index is 4.25. The van der Waals surface area contributed by atoms with Gasteiger partial charge in [0.25, 0.3) is 0 Å². The van der Waals surface area contributed by atoms with Crippen LogP contribution in [0.15, 0.2) is 12.2 Å². The highest BCUT2D eigenvalue weighted by Crippen LogP contribution is 2.35. The van der Waals surface area contributed by atoms with E-state index in [0.717, 1.165) is 31.6 Å². The monoisotopic (exact) mass is 250 g/mol. The van der Waals surface area contributed by atoms with Crippen LogP contribution in [-0.4, -0.2) is 37.1 Å².